The number of likely N-dealkylation sites (tertiary alicyclic amines) is 1. The molecule has 3 unspecified atom stereocenters. The number of nitrogens with zero attached hydrogens (tertiary/aromatic N) is 2. The molecule has 10 heteroatoms. The lowest BCUT2D eigenvalue weighted by molar-refractivity contribution is -0.140. The average Bonchev–Trinajstić information content (AvgIpc) is 2.86. The maximum Gasteiger partial charge on any atom is 0.329 e. The Morgan fingerprint density at radius 3 is 2.57 bits per heavy atom. The fraction of sp³-hybridized carbons (Fsp3) is 0.481. The Hall–Kier alpha value is -2.82. The van der Waals surface area contributed by atoms with Gasteiger partial charge in [-0.25, -0.2) is 9.69 Å². The van der Waals surface area contributed by atoms with Crippen molar-refractivity contribution in [3.8, 4) is 11.5 Å². The summed E-state index contributed by atoms with van der Waals surface area (Å²) in [6.07, 6.45) is 1.96. The molecule has 2 aromatic rings. The van der Waals surface area contributed by atoms with E-state index >= 15 is 0 Å². The van der Waals surface area contributed by atoms with E-state index in [0.717, 1.165) is 31.0 Å². The smallest absolute Gasteiger partial charge is 0.329 e. The molecule has 0 bridgehead atoms. The summed E-state index contributed by atoms with van der Waals surface area (Å²) in [5.74, 6) is 1.40. The molecule has 0 spiro atoms. The zero-order chi connectivity index (χ0) is 26.7. The molecule has 2 heterocycles. The monoisotopic (exact) mass is 574 g/mol. The number of hydrogen-bond donors (Lipinski definition) is 3. The van der Waals surface area contributed by atoms with Crippen LogP contribution in [0.1, 0.15) is 32.3 Å². The van der Waals surface area contributed by atoms with Crippen LogP contribution < -0.4 is 25.0 Å². The minimum atomic E-state index is -2.32. The number of aliphatic hydroxyl groups is 1. The molecular weight excluding hydrogens is 540 g/mol. The Kier molecular flexibility index (Phi) is 8.30. The fourth-order valence-electron chi connectivity index (χ4n) is 5.43. The molecule has 2 aromatic carbocycles. The number of fused-ring (bicyclic) bond motifs is 1. The van der Waals surface area contributed by atoms with Gasteiger partial charge in [-0.2, -0.15) is 0 Å². The van der Waals surface area contributed by atoms with E-state index in [2.05, 4.69) is 45.3 Å². The van der Waals surface area contributed by atoms with Gasteiger partial charge in [-0.3, -0.25) is 4.79 Å². The van der Waals surface area contributed by atoms with Gasteiger partial charge in [-0.15, -0.1) is 0 Å². The van der Waals surface area contributed by atoms with Crippen LogP contribution in [0.4, 0.5) is 16.2 Å². The standard InChI is InChI=1S/C27H35BrN4O5/c1-17-12-18(2)16-31(15-17)11-5-10-29-25(33)27(35)21-13-19(28)6-8-22(21)30-26(34)32(27)23-9-7-20(36-3)14-24(23)37-4/h6-9,13-14,17-18,35H,5,10-12,15-16H2,1-4H3,(H,29,33)(H,30,34). The SMILES string of the molecule is COc1ccc(N2C(=O)Nc3ccc(Br)cc3C2(O)C(=O)NCCCN2CC(C)CC(C)C2)c(OC)c1. The first-order valence-electron chi connectivity index (χ1n) is 12.5. The fourth-order valence-corrected chi connectivity index (χ4v) is 5.79. The Labute approximate surface area is 226 Å². The number of anilines is 2. The predicted octanol–water partition coefficient (Wildman–Crippen LogP) is 4.15. The second-order valence-corrected chi connectivity index (χ2v) is 10.9. The second kappa shape index (κ2) is 11.3. The van der Waals surface area contributed by atoms with Crippen LogP contribution in [0.25, 0.3) is 0 Å². The number of rotatable bonds is 8. The minimum absolute atomic E-state index is 0.223. The maximum atomic E-state index is 13.7. The van der Waals surface area contributed by atoms with Gasteiger partial charge in [0.1, 0.15) is 11.5 Å². The molecule has 0 aliphatic carbocycles. The van der Waals surface area contributed by atoms with Crippen molar-refractivity contribution in [2.45, 2.75) is 32.4 Å². The van der Waals surface area contributed by atoms with Crippen LogP contribution in [0.5, 0.6) is 11.5 Å². The van der Waals surface area contributed by atoms with Crippen LogP contribution >= 0.6 is 15.9 Å². The summed E-state index contributed by atoms with van der Waals surface area (Å²) in [5.41, 5.74) is -1.50. The van der Waals surface area contributed by atoms with Crippen molar-refractivity contribution in [1.82, 2.24) is 10.2 Å². The van der Waals surface area contributed by atoms with Crippen molar-refractivity contribution in [3.63, 3.8) is 0 Å². The lowest BCUT2D eigenvalue weighted by Gasteiger charge is -2.43. The van der Waals surface area contributed by atoms with E-state index in [-0.39, 0.29) is 17.0 Å². The molecule has 0 aromatic heterocycles. The van der Waals surface area contributed by atoms with Gasteiger partial charge in [0.25, 0.3) is 11.6 Å². The predicted molar refractivity (Wildman–Crippen MR) is 146 cm³/mol. The average molecular weight is 576 g/mol. The Morgan fingerprint density at radius 2 is 1.89 bits per heavy atom. The van der Waals surface area contributed by atoms with Gasteiger partial charge in [0, 0.05) is 35.7 Å². The van der Waals surface area contributed by atoms with Gasteiger partial charge < -0.3 is 30.1 Å². The molecule has 2 aliphatic rings. The van der Waals surface area contributed by atoms with Crippen molar-refractivity contribution < 1.29 is 24.2 Å². The van der Waals surface area contributed by atoms with Gasteiger partial charge >= 0.3 is 6.03 Å². The number of piperidine rings is 1. The first kappa shape index (κ1) is 27.2. The zero-order valence-corrected chi connectivity index (χ0v) is 23.3. The third-order valence-electron chi connectivity index (χ3n) is 6.95. The summed E-state index contributed by atoms with van der Waals surface area (Å²) in [4.78, 5) is 30.5. The van der Waals surface area contributed by atoms with Crippen LogP contribution in [0.3, 0.4) is 0 Å². The van der Waals surface area contributed by atoms with Gasteiger partial charge in [-0.05, 0) is 61.6 Å². The number of carbonyl (C=O) groups is 2. The third kappa shape index (κ3) is 5.56. The van der Waals surface area contributed by atoms with Gasteiger partial charge in [0.2, 0.25) is 0 Å². The maximum absolute atomic E-state index is 13.7. The molecule has 0 radical (unpaired) electrons. The molecular formula is C27H35BrN4O5. The normalized spacial score (nSPS) is 23.7. The van der Waals surface area contributed by atoms with Gasteiger partial charge in [0.15, 0.2) is 0 Å². The Morgan fingerprint density at radius 1 is 1.16 bits per heavy atom. The van der Waals surface area contributed by atoms with Crippen molar-refractivity contribution >= 4 is 39.2 Å². The minimum Gasteiger partial charge on any atom is -0.497 e. The van der Waals surface area contributed by atoms with Crippen LogP contribution in [-0.4, -0.2) is 62.3 Å². The highest BCUT2D eigenvalue weighted by molar-refractivity contribution is 9.10. The third-order valence-corrected chi connectivity index (χ3v) is 7.44. The van der Waals surface area contributed by atoms with Crippen LogP contribution in [-0.2, 0) is 10.5 Å². The lowest BCUT2D eigenvalue weighted by atomic mass is 9.92. The number of urea groups is 1. The van der Waals surface area contributed by atoms with Crippen molar-refractivity contribution in [3.05, 3.63) is 46.4 Å². The summed E-state index contributed by atoms with van der Waals surface area (Å²) in [5, 5.41) is 17.8. The molecule has 200 valence electrons. The first-order chi connectivity index (χ1) is 17.7. The van der Waals surface area contributed by atoms with E-state index in [4.69, 9.17) is 9.47 Å². The summed E-state index contributed by atoms with van der Waals surface area (Å²) in [7, 11) is 2.97. The highest BCUT2D eigenvalue weighted by Crippen LogP contribution is 2.44. The van der Waals surface area contributed by atoms with E-state index in [1.807, 2.05) is 0 Å². The largest absolute Gasteiger partial charge is 0.497 e. The lowest BCUT2D eigenvalue weighted by Crippen LogP contribution is -2.62. The molecule has 3 N–H and O–H groups in total. The highest BCUT2D eigenvalue weighted by atomic mass is 79.9. The molecule has 3 amide bonds. The summed E-state index contributed by atoms with van der Waals surface area (Å²) in [6.45, 7) is 7.85. The Bertz CT molecular complexity index is 1150. The van der Waals surface area contributed by atoms with E-state index < -0.39 is 17.7 Å². The molecule has 4 rings (SSSR count). The number of carbonyl (C=O) groups excluding carboxylic acids is 2. The van der Waals surface area contributed by atoms with Crippen molar-refractivity contribution in [1.29, 1.82) is 0 Å². The summed E-state index contributed by atoms with van der Waals surface area (Å²) in [6, 6.07) is 9.18. The molecule has 1 fully saturated rings. The van der Waals surface area contributed by atoms with Crippen LogP contribution in [0.15, 0.2) is 40.9 Å². The number of benzene rings is 2. The Balaban J connectivity index is 1.62. The molecule has 2 aliphatic heterocycles. The first-order valence-corrected chi connectivity index (χ1v) is 13.3. The van der Waals surface area contributed by atoms with Crippen LogP contribution in [0, 0.1) is 11.8 Å². The van der Waals surface area contributed by atoms with Gasteiger partial charge in [0.05, 0.1) is 25.6 Å². The number of hydrogen-bond acceptors (Lipinski definition) is 6. The van der Waals surface area contributed by atoms with Crippen LogP contribution in [0.2, 0.25) is 0 Å². The van der Waals surface area contributed by atoms with E-state index in [0.29, 0.717) is 34.3 Å². The number of nitrogens with one attached hydrogen (secondary N) is 2. The zero-order valence-electron chi connectivity index (χ0n) is 21.7. The second-order valence-electron chi connectivity index (χ2n) is 9.98. The molecule has 1 saturated heterocycles. The summed E-state index contributed by atoms with van der Waals surface area (Å²) >= 11 is 3.43. The molecule has 3 atom stereocenters. The molecule has 9 nitrogen and oxygen atoms in total. The van der Waals surface area contributed by atoms with E-state index in [1.165, 1.54) is 20.6 Å². The summed E-state index contributed by atoms with van der Waals surface area (Å²) < 4.78 is 11.4. The number of methoxy groups -OCH3 is 2. The number of amides is 3. The topological polar surface area (TPSA) is 103 Å². The van der Waals surface area contributed by atoms with Crippen molar-refractivity contribution in [2.24, 2.45) is 11.8 Å². The molecule has 0 saturated carbocycles. The van der Waals surface area contributed by atoms with E-state index in [1.54, 1.807) is 36.4 Å². The highest BCUT2D eigenvalue weighted by Gasteiger charge is 2.52. The van der Waals surface area contributed by atoms with E-state index in [9.17, 15) is 14.7 Å². The van der Waals surface area contributed by atoms with Crippen molar-refractivity contribution in [2.75, 3.05) is 50.6 Å². The van der Waals surface area contributed by atoms with Gasteiger partial charge in [-0.1, -0.05) is 29.8 Å². The molecule has 37 heavy (non-hydrogen) atoms. The number of ether oxygens (including phenoxy) is 2. The number of halogens is 1. The quantitative estimate of drug-likeness (QED) is 0.409.